The zero-order valence-corrected chi connectivity index (χ0v) is 12.7. The minimum Gasteiger partial charge on any atom is -0.497 e. The molecule has 1 aromatic carbocycles. The Balaban J connectivity index is 2.22. The summed E-state index contributed by atoms with van der Waals surface area (Å²) in [4.78, 5) is 0. The van der Waals surface area contributed by atoms with Gasteiger partial charge in [-0.15, -0.1) is 0 Å². The van der Waals surface area contributed by atoms with Crippen LogP contribution in [-0.2, 0) is 13.5 Å². The molecule has 2 aromatic rings. The summed E-state index contributed by atoms with van der Waals surface area (Å²) in [6, 6.07) is 10.6. The minimum absolute atomic E-state index is 0.262. The van der Waals surface area contributed by atoms with Crippen LogP contribution < -0.4 is 10.1 Å². The van der Waals surface area contributed by atoms with Gasteiger partial charge >= 0.3 is 0 Å². The van der Waals surface area contributed by atoms with E-state index in [1.807, 2.05) is 30.8 Å². The van der Waals surface area contributed by atoms with E-state index in [-0.39, 0.29) is 6.04 Å². The van der Waals surface area contributed by atoms with Crippen LogP contribution >= 0.6 is 0 Å². The van der Waals surface area contributed by atoms with E-state index >= 15 is 0 Å². The molecule has 0 aliphatic carbocycles. The third-order valence-corrected chi connectivity index (χ3v) is 3.42. The number of rotatable bonds is 6. The number of nitrogens with one attached hydrogen (secondary N) is 1. The lowest BCUT2D eigenvalue weighted by molar-refractivity contribution is 0.413. The van der Waals surface area contributed by atoms with Gasteiger partial charge in [-0.1, -0.05) is 19.1 Å². The summed E-state index contributed by atoms with van der Waals surface area (Å²) in [7, 11) is 3.70. The Kier molecular flexibility index (Phi) is 4.79. The van der Waals surface area contributed by atoms with Crippen LogP contribution in [0.2, 0.25) is 0 Å². The predicted octanol–water partition coefficient (Wildman–Crippen LogP) is 2.63. The van der Waals surface area contributed by atoms with Crippen molar-refractivity contribution in [1.82, 2.24) is 15.1 Å². The number of methoxy groups -OCH3 is 1. The molecule has 0 saturated heterocycles. The first-order valence-electron chi connectivity index (χ1n) is 7.01. The van der Waals surface area contributed by atoms with Crippen molar-refractivity contribution >= 4 is 0 Å². The molecule has 0 radical (unpaired) electrons. The maximum atomic E-state index is 5.29. The van der Waals surface area contributed by atoms with Gasteiger partial charge in [0.1, 0.15) is 5.75 Å². The van der Waals surface area contributed by atoms with Gasteiger partial charge in [0.2, 0.25) is 0 Å². The van der Waals surface area contributed by atoms with Gasteiger partial charge in [-0.25, -0.2) is 0 Å². The molecule has 1 unspecified atom stereocenters. The van der Waals surface area contributed by atoms with Gasteiger partial charge in [0.25, 0.3) is 0 Å². The summed E-state index contributed by atoms with van der Waals surface area (Å²) in [5, 5.41) is 7.98. The highest BCUT2D eigenvalue weighted by Crippen LogP contribution is 2.21. The van der Waals surface area contributed by atoms with E-state index < -0.39 is 0 Å². The van der Waals surface area contributed by atoms with Crippen LogP contribution in [0.4, 0.5) is 0 Å². The highest BCUT2D eigenvalue weighted by Gasteiger charge is 2.16. The Morgan fingerprint density at radius 3 is 2.75 bits per heavy atom. The van der Waals surface area contributed by atoms with Crippen molar-refractivity contribution in [3.05, 3.63) is 47.3 Å². The second-order valence-electron chi connectivity index (χ2n) is 5.00. The smallest absolute Gasteiger partial charge is 0.119 e. The maximum Gasteiger partial charge on any atom is 0.119 e. The van der Waals surface area contributed by atoms with Crippen molar-refractivity contribution in [3.8, 4) is 5.75 Å². The second kappa shape index (κ2) is 6.57. The highest BCUT2D eigenvalue weighted by molar-refractivity contribution is 5.30. The molecular formula is C16H23N3O. The van der Waals surface area contributed by atoms with E-state index in [1.54, 1.807) is 7.11 Å². The van der Waals surface area contributed by atoms with Gasteiger partial charge < -0.3 is 10.1 Å². The van der Waals surface area contributed by atoms with Crippen LogP contribution in [0.5, 0.6) is 5.75 Å². The van der Waals surface area contributed by atoms with E-state index in [0.717, 1.165) is 24.4 Å². The number of aromatic nitrogens is 2. The Bertz CT molecular complexity index is 563. The minimum atomic E-state index is 0.262. The lowest BCUT2D eigenvalue weighted by Crippen LogP contribution is -2.25. The molecule has 0 amide bonds. The highest BCUT2D eigenvalue weighted by atomic mass is 16.5. The van der Waals surface area contributed by atoms with Gasteiger partial charge in [0.05, 0.1) is 24.5 Å². The van der Waals surface area contributed by atoms with Crippen molar-refractivity contribution < 1.29 is 4.74 Å². The fourth-order valence-electron chi connectivity index (χ4n) is 2.52. The molecule has 0 aliphatic heterocycles. The molecule has 4 nitrogen and oxygen atoms in total. The topological polar surface area (TPSA) is 39.1 Å². The largest absolute Gasteiger partial charge is 0.497 e. The van der Waals surface area contributed by atoms with Crippen LogP contribution in [0.25, 0.3) is 0 Å². The van der Waals surface area contributed by atoms with Crippen molar-refractivity contribution in [1.29, 1.82) is 0 Å². The van der Waals surface area contributed by atoms with Crippen LogP contribution in [-0.4, -0.2) is 23.4 Å². The van der Waals surface area contributed by atoms with E-state index in [4.69, 9.17) is 4.74 Å². The first kappa shape index (κ1) is 14.6. The van der Waals surface area contributed by atoms with Gasteiger partial charge in [0, 0.05) is 7.05 Å². The molecular weight excluding hydrogens is 250 g/mol. The van der Waals surface area contributed by atoms with E-state index in [0.29, 0.717) is 0 Å². The number of likely N-dealkylation sites (N-methyl/N-ethyl adjacent to an activating group) is 1. The molecule has 1 N–H and O–H groups in total. The Morgan fingerprint density at radius 1 is 1.35 bits per heavy atom. The zero-order chi connectivity index (χ0) is 14.5. The molecule has 0 aliphatic rings. The summed E-state index contributed by atoms with van der Waals surface area (Å²) in [6.07, 6.45) is 0.921. The molecule has 4 heteroatoms. The van der Waals surface area contributed by atoms with Gasteiger partial charge in [0.15, 0.2) is 0 Å². The number of hydrogen-bond donors (Lipinski definition) is 1. The van der Waals surface area contributed by atoms with Crippen molar-refractivity contribution in [2.45, 2.75) is 26.3 Å². The van der Waals surface area contributed by atoms with Gasteiger partial charge in [-0.2, -0.15) is 5.10 Å². The average molecular weight is 273 g/mol. The third-order valence-electron chi connectivity index (χ3n) is 3.42. The first-order chi connectivity index (χ1) is 9.63. The van der Waals surface area contributed by atoms with Crippen LogP contribution in [0.3, 0.4) is 0 Å². The first-order valence-corrected chi connectivity index (χ1v) is 7.01. The van der Waals surface area contributed by atoms with Crippen molar-refractivity contribution in [2.24, 2.45) is 7.05 Å². The molecule has 1 aromatic heterocycles. The monoisotopic (exact) mass is 273 g/mol. The Hall–Kier alpha value is -1.81. The molecule has 0 bridgehead atoms. The fraction of sp³-hybridized carbons (Fsp3) is 0.438. The van der Waals surface area contributed by atoms with Crippen molar-refractivity contribution in [2.75, 3.05) is 13.7 Å². The second-order valence-corrected chi connectivity index (χ2v) is 5.00. The summed E-state index contributed by atoms with van der Waals surface area (Å²) in [6.45, 7) is 5.08. The van der Waals surface area contributed by atoms with Crippen LogP contribution in [0.1, 0.15) is 29.9 Å². The van der Waals surface area contributed by atoms with Crippen molar-refractivity contribution in [3.63, 3.8) is 0 Å². The van der Waals surface area contributed by atoms with Crippen LogP contribution in [0.15, 0.2) is 30.3 Å². The van der Waals surface area contributed by atoms with Crippen LogP contribution in [0, 0.1) is 6.92 Å². The standard InChI is InChI=1S/C16H23N3O/c1-5-17-15(16-9-12(2)18-19(16)3)11-13-7-6-8-14(10-13)20-4/h6-10,15,17H,5,11H2,1-4H3. The Labute approximate surface area is 120 Å². The molecule has 0 fully saturated rings. The molecule has 108 valence electrons. The summed E-state index contributed by atoms with van der Waals surface area (Å²) >= 11 is 0. The normalized spacial score (nSPS) is 12.4. The third kappa shape index (κ3) is 3.39. The van der Waals surface area contributed by atoms with Gasteiger partial charge in [-0.05, 0) is 43.7 Å². The lowest BCUT2D eigenvalue weighted by Gasteiger charge is -2.18. The zero-order valence-electron chi connectivity index (χ0n) is 12.7. The van der Waals surface area contributed by atoms with Gasteiger partial charge in [-0.3, -0.25) is 4.68 Å². The SMILES string of the molecule is CCNC(Cc1cccc(OC)c1)c1cc(C)nn1C. The average Bonchev–Trinajstić information content (AvgIpc) is 2.77. The predicted molar refractivity (Wildman–Crippen MR) is 81.1 cm³/mol. The molecule has 20 heavy (non-hydrogen) atoms. The quantitative estimate of drug-likeness (QED) is 0.879. The number of benzene rings is 1. The summed E-state index contributed by atoms with van der Waals surface area (Å²) in [5.74, 6) is 0.902. The lowest BCUT2D eigenvalue weighted by atomic mass is 10.0. The number of hydrogen-bond acceptors (Lipinski definition) is 3. The molecule has 1 heterocycles. The summed E-state index contributed by atoms with van der Waals surface area (Å²) in [5.41, 5.74) is 3.53. The molecule has 0 spiro atoms. The molecule has 2 rings (SSSR count). The van der Waals surface area contributed by atoms with E-state index in [1.165, 1.54) is 11.3 Å². The number of ether oxygens (including phenoxy) is 1. The number of aryl methyl sites for hydroxylation is 2. The molecule has 0 saturated carbocycles. The van der Waals surface area contributed by atoms with E-state index in [2.05, 4.69) is 35.5 Å². The van der Waals surface area contributed by atoms with E-state index in [9.17, 15) is 0 Å². The summed E-state index contributed by atoms with van der Waals surface area (Å²) < 4.78 is 7.25. The maximum absolute atomic E-state index is 5.29. The Morgan fingerprint density at radius 2 is 2.15 bits per heavy atom. The fourth-order valence-corrected chi connectivity index (χ4v) is 2.52. The number of nitrogens with zero attached hydrogens (tertiary/aromatic N) is 2. The molecule has 1 atom stereocenters.